The first-order valence-corrected chi connectivity index (χ1v) is 5.13. The summed E-state index contributed by atoms with van der Waals surface area (Å²) >= 11 is 0. The lowest BCUT2D eigenvalue weighted by Crippen LogP contribution is -2.30. The third-order valence-electron chi connectivity index (χ3n) is 2.62. The fourth-order valence-electron chi connectivity index (χ4n) is 1.49. The van der Waals surface area contributed by atoms with Crippen molar-refractivity contribution in [3.8, 4) is 0 Å². The standard InChI is InChI=1S/C12H18FNO.ClH/c1-7(2)12(15)11(14)9-4-5-10(13)8(3)6-9;/h4-7,11-12,15H,14H2,1-3H3;1H/t11-,12+;/m1./s1. The van der Waals surface area contributed by atoms with E-state index in [-0.39, 0.29) is 24.1 Å². The molecule has 0 aliphatic heterocycles. The third-order valence-corrected chi connectivity index (χ3v) is 2.62. The van der Waals surface area contributed by atoms with Gasteiger partial charge in [0, 0.05) is 0 Å². The molecule has 0 heterocycles. The van der Waals surface area contributed by atoms with Gasteiger partial charge in [-0.25, -0.2) is 4.39 Å². The topological polar surface area (TPSA) is 46.2 Å². The lowest BCUT2D eigenvalue weighted by Gasteiger charge is -2.22. The van der Waals surface area contributed by atoms with E-state index < -0.39 is 12.1 Å². The Bertz CT molecular complexity index is 344. The summed E-state index contributed by atoms with van der Waals surface area (Å²) in [5.41, 5.74) is 7.21. The molecule has 0 aromatic heterocycles. The number of hydrogen-bond donors (Lipinski definition) is 2. The lowest BCUT2D eigenvalue weighted by atomic mass is 9.93. The van der Waals surface area contributed by atoms with E-state index >= 15 is 0 Å². The van der Waals surface area contributed by atoms with Gasteiger partial charge in [-0.2, -0.15) is 0 Å². The van der Waals surface area contributed by atoms with Crippen LogP contribution in [0.5, 0.6) is 0 Å². The molecule has 0 saturated carbocycles. The number of benzene rings is 1. The van der Waals surface area contributed by atoms with E-state index in [0.29, 0.717) is 5.56 Å². The molecule has 0 unspecified atom stereocenters. The highest BCUT2D eigenvalue weighted by Gasteiger charge is 2.20. The summed E-state index contributed by atoms with van der Waals surface area (Å²) in [6.07, 6.45) is -0.602. The molecule has 0 radical (unpaired) electrons. The number of nitrogens with two attached hydrogens (primary N) is 1. The summed E-state index contributed by atoms with van der Waals surface area (Å²) in [5.74, 6) is -0.157. The average molecular weight is 248 g/mol. The Balaban J connectivity index is 0.00000225. The summed E-state index contributed by atoms with van der Waals surface area (Å²) < 4.78 is 13.0. The molecule has 0 saturated heterocycles. The Kier molecular flexibility index (Phi) is 5.94. The van der Waals surface area contributed by atoms with Gasteiger partial charge in [-0.1, -0.05) is 26.0 Å². The van der Waals surface area contributed by atoms with E-state index in [4.69, 9.17) is 5.73 Å². The van der Waals surface area contributed by atoms with Crippen molar-refractivity contribution in [2.45, 2.75) is 32.9 Å². The molecule has 1 aromatic carbocycles. The number of aliphatic hydroxyl groups is 1. The molecule has 0 spiro atoms. The summed E-state index contributed by atoms with van der Waals surface area (Å²) in [6.45, 7) is 5.50. The van der Waals surface area contributed by atoms with E-state index in [1.54, 1.807) is 19.1 Å². The van der Waals surface area contributed by atoms with E-state index in [2.05, 4.69) is 0 Å². The van der Waals surface area contributed by atoms with Crippen LogP contribution >= 0.6 is 12.4 Å². The minimum absolute atomic E-state index is 0. The number of aliphatic hydroxyl groups excluding tert-OH is 1. The summed E-state index contributed by atoms with van der Waals surface area (Å²) in [7, 11) is 0. The van der Waals surface area contributed by atoms with Crippen LogP contribution in [0.4, 0.5) is 4.39 Å². The van der Waals surface area contributed by atoms with Crippen molar-refractivity contribution in [2.75, 3.05) is 0 Å². The first kappa shape index (κ1) is 15.4. The monoisotopic (exact) mass is 247 g/mol. The lowest BCUT2D eigenvalue weighted by molar-refractivity contribution is 0.0979. The van der Waals surface area contributed by atoms with Crippen LogP contribution in [0.15, 0.2) is 18.2 Å². The highest BCUT2D eigenvalue weighted by Crippen LogP contribution is 2.21. The van der Waals surface area contributed by atoms with Crippen molar-refractivity contribution in [2.24, 2.45) is 11.7 Å². The van der Waals surface area contributed by atoms with Crippen molar-refractivity contribution in [3.63, 3.8) is 0 Å². The van der Waals surface area contributed by atoms with E-state index in [9.17, 15) is 9.50 Å². The first-order chi connectivity index (χ1) is 6.93. The smallest absolute Gasteiger partial charge is 0.126 e. The number of hydrogen-bond acceptors (Lipinski definition) is 2. The number of rotatable bonds is 3. The number of aryl methyl sites for hydroxylation is 1. The highest BCUT2D eigenvalue weighted by molar-refractivity contribution is 5.85. The molecule has 0 bridgehead atoms. The molecular formula is C12H19ClFNO. The third kappa shape index (κ3) is 3.44. The molecule has 0 fully saturated rings. The van der Waals surface area contributed by atoms with Gasteiger partial charge in [-0.3, -0.25) is 0 Å². The molecule has 2 atom stereocenters. The van der Waals surface area contributed by atoms with Crippen LogP contribution in [0.2, 0.25) is 0 Å². The molecule has 92 valence electrons. The van der Waals surface area contributed by atoms with Gasteiger partial charge in [0.25, 0.3) is 0 Å². The first-order valence-electron chi connectivity index (χ1n) is 5.13. The number of halogens is 2. The predicted molar refractivity (Wildman–Crippen MR) is 66.2 cm³/mol. The summed E-state index contributed by atoms with van der Waals surface area (Å²) in [6, 6.07) is 4.24. The van der Waals surface area contributed by atoms with Gasteiger partial charge in [0.05, 0.1) is 12.1 Å². The zero-order valence-electron chi connectivity index (χ0n) is 9.77. The van der Waals surface area contributed by atoms with Crippen LogP contribution in [0.25, 0.3) is 0 Å². The quantitative estimate of drug-likeness (QED) is 0.863. The molecule has 0 aliphatic rings. The Labute approximate surface area is 102 Å². The van der Waals surface area contributed by atoms with Gasteiger partial charge in [-0.15, -0.1) is 12.4 Å². The molecule has 1 rings (SSSR count). The van der Waals surface area contributed by atoms with Crippen LogP contribution in [0.3, 0.4) is 0 Å². The minimum atomic E-state index is -0.602. The van der Waals surface area contributed by atoms with Crippen LogP contribution < -0.4 is 5.73 Å². The zero-order chi connectivity index (χ0) is 11.6. The Morgan fingerprint density at radius 1 is 1.31 bits per heavy atom. The fourth-order valence-corrected chi connectivity index (χ4v) is 1.49. The van der Waals surface area contributed by atoms with Crippen molar-refractivity contribution in [3.05, 3.63) is 35.1 Å². The second-order valence-electron chi connectivity index (χ2n) is 4.27. The average Bonchev–Trinajstić information content (AvgIpc) is 2.19. The molecule has 2 nitrogen and oxygen atoms in total. The molecule has 0 aliphatic carbocycles. The van der Waals surface area contributed by atoms with E-state index in [0.717, 1.165) is 5.56 Å². The maximum absolute atomic E-state index is 13.0. The van der Waals surface area contributed by atoms with Gasteiger partial charge in [0.2, 0.25) is 0 Å². The second-order valence-corrected chi connectivity index (χ2v) is 4.27. The predicted octanol–water partition coefficient (Wildman–Crippen LogP) is 2.57. The fraction of sp³-hybridized carbons (Fsp3) is 0.500. The van der Waals surface area contributed by atoms with E-state index in [1.807, 2.05) is 13.8 Å². The summed E-state index contributed by atoms with van der Waals surface area (Å²) in [4.78, 5) is 0. The van der Waals surface area contributed by atoms with Gasteiger partial charge < -0.3 is 10.8 Å². The SMILES string of the molecule is Cc1cc([C@@H](N)[C@@H](O)C(C)C)ccc1F.Cl. The molecule has 4 heteroatoms. The zero-order valence-corrected chi connectivity index (χ0v) is 10.6. The van der Waals surface area contributed by atoms with Crippen molar-refractivity contribution < 1.29 is 9.50 Å². The van der Waals surface area contributed by atoms with Crippen molar-refractivity contribution >= 4 is 12.4 Å². The van der Waals surface area contributed by atoms with E-state index in [1.165, 1.54) is 6.07 Å². The maximum atomic E-state index is 13.0. The molecular weight excluding hydrogens is 229 g/mol. The molecule has 1 aromatic rings. The summed E-state index contributed by atoms with van der Waals surface area (Å²) in [5, 5.41) is 9.79. The Hall–Kier alpha value is -0.640. The molecule has 3 N–H and O–H groups in total. The van der Waals surface area contributed by atoms with Gasteiger partial charge in [0.15, 0.2) is 0 Å². The van der Waals surface area contributed by atoms with Crippen molar-refractivity contribution in [1.29, 1.82) is 0 Å². The largest absolute Gasteiger partial charge is 0.391 e. The Morgan fingerprint density at radius 3 is 2.31 bits per heavy atom. The van der Waals surface area contributed by atoms with Crippen LogP contribution in [0, 0.1) is 18.7 Å². The molecule has 0 amide bonds. The Morgan fingerprint density at radius 2 is 1.88 bits per heavy atom. The van der Waals surface area contributed by atoms with Crippen molar-refractivity contribution in [1.82, 2.24) is 0 Å². The van der Waals surface area contributed by atoms with Gasteiger partial charge >= 0.3 is 0 Å². The highest BCUT2D eigenvalue weighted by atomic mass is 35.5. The maximum Gasteiger partial charge on any atom is 0.126 e. The van der Waals surface area contributed by atoms with Crippen LogP contribution in [-0.4, -0.2) is 11.2 Å². The van der Waals surface area contributed by atoms with Crippen LogP contribution in [0.1, 0.15) is 31.0 Å². The van der Waals surface area contributed by atoms with Gasteiger partial charge in [0.1, 0.15) is 5.82 Å². The normalized spacial score (nSPS) is 14.4. The second kappa shape index (κ2) is 6.18. The van der Waals surface area contributed by atoms with Crippen LogP contribution in [-0.2, 0) is 0 Å². The molecule has 16 heavy (non-hydrogen) atoms. The van der Waals surface area contributed by atoms with Gasteiger partial charge in [-0.05, 0) is 30.0 Å². The minimum Gasteiger partial charge on any atom is -0.391 e.